The Morgan fingerprint density at radius 2 is 2.13 bits per heavy atom. The van der Waals surface area contributed by atoms with Crippen LogP contribution < -0.4 is 9.64 Å². The van der Waals surface area contributed by atoms with Gasteiger partial charge in [0.2, 0.25) is 0 Å². The van der Waals surface area contributed by atoms with Crippen LogP contribution in [0.15, 0.2) is 42.6 Å². The van der Waals surface area contributed by atoms with Crippen molar-refractivity contribution in [2.75, 3.05) is 37.8 Å². The van der Waals surface area contributed by atoms with Crippen molar-refractivity contribution in [3.8, 4) is 5.75 Å². The molecule has 1 fully saturated rings. The largest absolute Gasteiger partial charge is 0.490 e. The number of para-hydroxylation sites is 1. The Hall–Kier alpha value is -2.18. The number of rotatable bonds is 4. The van der Waals surface area contributed by atoms with Gasteiger partial charge in [-0.2, -0.15) is 0 Å². The molecular formula is C17H21N3O3. The normalized spacial score (nSPS) is 21.7. The summed E-state index contributed by atoms with van der Waals surface area (Å²) in [6, 6.07) is 11.3. The molecule has 0 radical (unpaired) electrons. The van der Waals surface area contributed by atoms with Crippen molar-refractivity contribution in [2.24, 2.45) is 0 Å². The van der Waals surface area contributed by atoms with E-state index < -0.39 is 5.60 Å². The van der Waals surface area contributed by atoms with Crippen LogP contribution in [0.3, 0.4) is 0 Å². The molecule has 0 bridgehead atoms. The molecule has 3 rings (SSSR count). The van der Waals surface area contributed by atoms with Gasteiger partial charge in [0.25, 0.3) is 0 Å². The van der Waals surface area contributed by atoms with Crippen molar-refractivity contribution in [2.45, 2.75) is 12.5 Å². The van der Waals surface area contributed by atoms with Crippen LogP contribution in [-0.4, -0.2) is 53.6 Å². The van der Waals surface area contributed by atoms with E-state index >= 15 is 0 Å². The van der Waals surface area contributed by atoms with Gasteiger partial charge in [-0.25, -0.2) is 9.97 Å². The van der Waals surface area contributed by atoms with E-state index in [1.165, 1.54) is 0 Å². The number of hydrogen-bond acceptors (Lipinski definition) is 6. The molecular weight excluding hydrogens is 294 g/mol. The molecule has 1 aromatic carbocycles. The molecule has 2 aromatic rings. The summed E-state index contributed by atoms with van der Waals surface area (Å²) < 4.78 is 11.3. The van der Waals surface area contributed by atoms with Crippen molar-refractivity contribution < 1.29 is 14.6 Å². The molecule has 1 aliphatic heterocycles. The van der Waals surface area contributed by atoms with Gasteiger partial charge in [-0.05, 0) is 25.1 Å². The average Bonchev–Trinajstić information content (AvgIpc) is 2.77. The molecule has 0 aliphatic carbocycles. The first kappa shape index (κ1) is 15.7. The number of aromatic nitrogens is 2. The minimum atomic E-state index is -1.09. The molecule has 6 heteroatoms. The van der Waals surface area contributed by atoms with Crippen LogP contribution in [0.1, 0.15) is 5.82 Å². The number of benzene rings is 1. The van der Waals surface area contributed by atoms with E-state index in [-0.39, 0.29) is 13.2 Å². The SMILES string of the molecule is Cc1nccc(N2CCOCC(O)(COc3ccccc3)C2)n1. The summed E-state index contributed by atoms with van der Waals surface area (Å²) in [5.74, 6) is 2.23. The van der Waals surface area contributed by atoms with Gasteiger partial charge < -0.3 is 19.5 Å². The van der Waals surface area contributed by atoms with Crippen molar-refractivity contribution in [3.05, 3.63) is 48.4 Å². The number of hydrogen-bond donors (Lipinski definition) is 1. The predicted octanol–water partition coefficient (Wildman–Crippen LogP) is 1.43. The highest BCUT2D eigenvalue weighted by molar-refractivity contribution is 5.38. The van der Waals surface area contributed by atoms with Gasteiger partial charge in [0, 0.05) is 12.7 Å². The van der Waals surface area contributed by atoms with E-state index in [9.17, 15) is 5.11 Å². The van der Waals surface area contributed by atoms with Crippen LogP contribution in [0.25, 0.3) is 0 Å². The lowest BCUT2D eigenvalue weighted by Gasteiger charge is -2.31. The van der Waals surface area contributed by atoms with Crippen LogP contribution in [0.5, 0.6) is 5.75 Å². The summed E-state index contributed by atoms with van der Waals surface area (Å²) in [6.07, 6.45) is 1.73. The highest BCUT2D eigenvalue weighted by Crippen LogP contribution is 2.20. The fourth-order valence-electron chi connectivity index (χ4n) is 2.55. The fourth-order valence-corrected chi connectivity index (χ4v) is 2.55. The topological polar surface area (TPSA) is 67.7 Å². The van der Waals surface area contributed by atoms with Crippen molar-refractivity contribution >= 4 is 5.82 Å². The first-order valence-electron chi connectivity index (χ1n) is 7.67. The molecule has 0 spiro atoms. The highest BCUT2D eigenvalue weighted by Gasteiger charge is 2.34. The Labute approximate surface area is 135 Å². The molecule has 1 aliphatic rings. The number of aryl methyl sites for hydroxylation is 1. The molecule has 6 nitrogen and oxygen atoms in total. The number of ether oxygens (including phenoxy) is 2. The monoisotopic (exact) mass is 315 g/mol. The number of β-amino-alcohol motifs (C(OH)–C–C–N with tert-alkyl or cyclic N) is 1. The van der Waals surface area contributed by atoms with Gasteiger partial charge >= 0.3 is 0 Å². The van der Waals surface area contributed by atoms with E-state index in [0.29, 0.717) is 25.5 Å². The van der Waals surface area contributed by atoms with Crippen LogP contribution in [0, 0.1) is 6.92 Å². The van der Waals surface area contributed by atoms with Crippen molar-refractivity contribution in [1.29, 1.82) is 0 Å². The molecule has 1 aromatic heterocycles. The summed E-state index contributed by atoms with van der Waals surface area (Å²) >= 11 is 0. The van der Waals surface area contributed by atoms with Crippen LogP contribution in [0.4, 0.5) is 5.82 Å². The third kappa shape index (κ3) is 4.18. The van der Waals surface area contributed by atoms with Gasteiger partial charge in [-0.3, -0.25) is 0 Å². The number of aliphatic hydroxyl groups is 1. The zero-order valence-electron chi connectivity index (χ0n) is 13.2. The molecule has 1 unspecified atom stereocenters. The summed E-state index contributed by atoms with van der Waals surface area (Å²) in [4.78, 5) is 10.6. The Kier molecular flexibility index (Phi) is 4.73. The zero-order chi connectivity index (χ0) is 16.1. The van der Waals surface area contributed by atoms with E-state index in [0.717, 1.165) is 11.6 Å². The van der Waals surface area contributed by atoms with Gasteiger partial charge in [0.1, 0.15) is 29.6 Å². The molecule has 122 valence electrons. The number of nitrogens with zero attached hydrogens (tertiary/aromatic N) is 3. The van der Waals surface area contributed by atoms with Crippen LogP contribution in [-0.2, 0) is 4.74 Å². The smallest absolute Gasteiger partial charge is 0.139 e. The molecule has 2 heterocycles. The highest BCUT2D eigenvalue weighted by atomic mass is 16.5. The molecule has 1 atom stereocenters. The second-order valence-corrected chi connectivity index (χ2v) is 5.76. The maximum absolute atomic E-state index is 10.9. The Balaban J connectivity index is 1.70. The lowest BCUT2D eigenvalue weighted by Crippen LogP contribution is -2.49. The van der Waals surface area contributed by atoms with Gasteiger partial charge in [0.15, 0.2) is 0 Å². The molecule has 23 heavy (non-hydrogen) atoms. The summed E-state index contributed by atoms with van der Waals surface area (Å²) in [5.41, 5.74) is -1.09. The predicted molar refractivity (Wildman–Crippen MR) is 86.7 cm³/mol. The van der Waals surface area contributed by atoms with Gasteiger partial charge in [-0.1, -0.05) is 18.2 Å². The maximum Gasteiger partial charge on any atom is 0.139 e. The van der Waals surface area contributed by atoms with Crippen molar-refractivity contribution in [1.82, 2.24) is 9.97 Å². The second-order valence-electron chi connectivity index (χ2n) is 5.76. The van der Waals surface area contributed by atoms with Crippen LogP contribution >= 0.6 is 0 Å². The summed E-state index contributed by atoms with van der Waals surface area (Å²) in [6.45, 7) is 3.86. The lowest BCUT2D eigenvalue weighted by atomic mass is 10.1. The van der Waals surface area contributed by atoms with E-state index in [1.54, 1.807) is 6.20 Å². The third-order valence-electron chi connectivity index (χ3n) is 3.70. The lowest BCUT2D eigenvalue weighted by molar-refractivity contribution is -0.0536. The first-order valence-corrected chi connectivity index (χ1v) is 7.67. The van der Waals surface area contributed by atoms with Crippen molar-refractivity contribution in [3.63, 3.8) is 0 Å². The molecule has 1 N–H and O–H groups in total. The average molecular weight is 315 g/mol. The molecule has 0 amide bonds. The summed E-state index contributed by atoms with van der Waals surface area (Å²) in [7, 11) is 0. The first-order chi connectivity index (χ1) is 11.1. The van der Waals surface area contributed by atoms with Crippen LogP contribution in [0.2, 0.25) is 0 Å². The third-order valence-corrected chi connectivity index (χ3v) is 3.70. The Morgan fingerprint density at radius 3 is 2.91 bits per heavy atom. The minimum Gasteiger partial charge on any atom is -0.490 e. The summed E-state index contributed by atoms with van der Waals surface area (Å²) in [5, 5.41) is 10.9. The van der Waals surface area contributed by atoms with E-state index in [2.05, 4.69) is 9.97 Å². The maximum atomic E-state index is 10.9. The quantitative estimate of drug-likeness (QED) is 0.921. The van der Waals surface area contributed by atoms with Gasteiger partial charge in [-0.15, -0.1) is 0 Å². The fraction of sp³-hybridized carbons (Fsp3) is 0.412. The zero-order valence-corrected chi connectivity index (χ0v) is 13.2. The second kappa shape index (κ2) is 6.93. The molecule has 0 saturated carbocycles. The van der Waals surface area contributed by atoms with E-state index in [1.807, 2.05) is 48.2 Å². The van der Waals surface area contributed by atoms with Gasteiger partial charge in [0.05, 0.1) is 19.8 Å². The molecule has 1 saturated heterocycles. The Bertz CT molecular complexity index is 638. The number of anilines is 1. The standard InChI is InChI=1S/C17H21N3O3/c1-14-18-8-7-16(19-14)20-9-10-22-12-17(21,11-20)13-23-15-5-3-2-4-6-15/h2-8,21H,9-13H2,1H3. The minimum absolute atomic E-state index is 0.164. The Morgan fingerprint density at radius 1 is 1.30 bits per heavy atom. The van der Waals surface area contributed by atoms with E-state index in [4.69, 9.17) is 9.47 Å².